The Kier molecular flexibility index (Phi) is 8.90. The van der Waals surface area contributed by atoms with E-state index in [1.54, 1.807) is 0 Å². The molecule has 2 aromatic rings. The molecule has 0 aromatic heterocycles. The van der Waals surface area contributed by atoms with Crippen LogP contribution in [0.5, 0.6) is 5.75 Å². The first kappa shape index (κ1) is 20.0. The van der Waals surface area contributed by atoms with Crippen molar-refractivity contribution in [3.05, 3.63) is 65.7 Å². The van der Waals surface area contributed by atoms with Crippen LogP contribution in [-0.2, 0) is 17.8 Å². The van der Waals surface area contributed by atoms with Crippen LogP contribution in [0.1, 0.15) is 24.5 Å². The molecule has 0 spiro atoms. The van der Waals surface area contributed by atoms with Crippen molar-refractivity contribution in [2.75, 3.05) is 6.61 Å². The number of ether oxygens (including phenoxy) is 1. The second-order valence-electron chi connectivity index (χ2n) is 5.51. The number of carbonyl (C=O) groups is 1. The summed E-state index contributed by atoms with van der Waals surface area (Å²) in [6.45, 7) is 3.25. The molecule has 0 radical (unpaired) electrons. The van der Waals surface area contributed by atoms with E-state index >= 15 is 0 Å². The Bertz CT molecular complexity index is 603. The molecule has 0 fully saturated rings. The van der Waals surface area contributed by atoms with E-state index in [2.05, 4.69) is 12.2 Å². The summed E-state index contributed by atoms with van der Waals surface area (Å²) in [5.41, 5.74) is 8.05. The molecule has 0 aliphatic rings. The van der Waals surface area contributed by atoms with Crippen molar-refractivity contribution < 1.29 is 9.53 Å². The number of hydrogen-bond donors (Lipinski definition) is 2. The normalized spacial score (nSPS) is 11.2. The third kappa shape index (κ3) is 6.60. The van der Waals surface area contributed by atoms with E-state index in [-0.39, 0.29) is 18.3 Å². The highest BCUT2D eigenvalue weighted by molar-refractivity contribution is 5.85. The monoisotopic (exact) mass is 348 g/mol. The number of halogens is 1. The Labute approximate surface area is 149 Å². The van der Waals surface area contributed by atoms with Crippen LogP contribution in [0, 0.1) is 0 Å². The molecular weight excluding hydrogens is 324 g/mol. The lowest BCUT2D eigenvalue weighted by Gasteiger charge is -2.13. The lowest BCUT2D eigenvalue weighted by Crippen LogP contribution is -2.41. The molecular formula is C19H25ClN2O2. The lowest BCUT2D eigenvalue weighted by atomic mass is 10.1. The quantitative estimate of drug-likeness (QED) is 0.770. The predicted molar refractivity (Wildman–Crippen MR) is 99.4 cm³/mol. The molecule has 0 bridgehead atoms. The van der Waals surface area contributed by atoms with Crippen LogP contribution in [0.4, 0.5) is 0 Å². The zero-order valence-electron chi connectivity index (χ0n) is 13.9. The van der Waals surface area contributed by atoms with Crippen LogP contribution in [0.2, 0.25) is 0 Å². The number of hydrogen-bond acceptors (Lipinski definition) is 3. The highest BCUT2D eigenvalue weighted by atomic mass is 35.5. The molecule has 2 rings (SSSR count). The molecule has 0 aliphatic heterocycles. The number of benzene rings is 2. The van der Waals surface area contributed by atoms with Gasteiger partial charge in [0, 0.05) is 6.54 Å². The number of nitrogens with one attached hydrogen (secondary N) is 1. The third-order valence-electron chi connectivity index (χ3n) is 3.50. The van der Waals surface area contributed by atoms with E-state index in [0.717, 1.165) is 23.3 Å². The van der Waals surface area contributed by atoms with Crippen molar-refractivity contribution in [3.63, 3.8) is 0 Å². The minimum absolute atomic E-state index is 0. The summed E-state index contributed by atoms with van der Waals surface area (Å²) in [5, 5.41) is 2.88. The molecule has 2 aromatic carbocycles. The second-order valence-corrected chi connectivity index (χ2v) is 5.51. The Morgan fingerprint density at radius 2 is 1.75 bits per heavy atom. The first-order valence-corrected chi connectivity index (χ1v) is 7.98. The fourth-order valence-corrected chi connectivity index (χ4v) is 2.20. The summed E-state index contributed by atoms with van der Waals surface area (Å²) >= 11 is 0. The van der Waals surface area contributed by atoms with Gasteiger partial charge in [0.25, 0.3) is 0 Å². The van der Waals surface area contributed by atoms with E-state index in [0.29, 0.717) is 19.6 Å². The second kappa shape index (κ2) is 10.7. The van der Waals surface area contributed by atoms with Gasteiger partial charge in [0.2, 0.25) is 5.91 Å². The maximum Gasteiger partial charge on any atom is 0.237 e. The molecule has 3 N–H and O–H groups in total. The zero-order chi connectivity index (χ0) is 16.5. The van der Waals surface area contributed by atoms with Crippen LogP contribution in [0.25, 0.3) is 0 Å². The molecule has 0 saturated carbocycles. The third-order valence-corrected chi connectivity index (χ3v) is 3.50. The highest BCUT2D eigenvalue weighted by Crippen LogP contribution is 2.12. The molecule has 0 unspecified atom stereocenters. The van der Waals surface area contributed by atoms with E-state index in [9.17, 15) is 4.79 Å². The van der Waals surface area contributed by atoms with Crippen LogP contribution in [0.3, 0.4) is 0 Å². The van der Waals surface area contributed by atoms with Crippen LogP contribution >= 0.6 is 12.4 Å². The molecule has 0 aliphatic carbocycles. The smallest absolute Gasteiger partial charge is 0.237 e. The minimum atomic E-state index is -0.537. The lowest BCUT2D eigenvalue weighted by molar-refractivity contribution is -0.122. The van der Waals surface area contributed by atoms with Gasteiger partial charge in [-0.15, -0.1) is 12.4 Å². The molecule has 0 heterocycles. The van der Waals surface area contributed by atoms with Gasteiger partial charge in [-0.25, -0.2) is 0 Å². The van der Waals surface area contributed by atoms with Gasteiger partial charge in [-0.05, 0) is 36.1 Å². The van der Waals surface area contributed by atoms with Gasteiger partial charge in [0.1, 0.15) is 5.75 Å². The summed E-state index contributed by atoms with van der Waals surface area (Å²) in [7, 11) is 0. The average Bonchev–Trinajstić information content (AvgIpc) is 2.59. The first-order chi connectivity index (χ1) is 11.2. The van der Waals surface area contributed by atoms with E-state index < -0.39 is 6.04 Å². The van der Waals surface area contributed by atoms with Gasteiger partial charge in [-0.3, -0.25) is 4.79 Å². The van der Waals surface area contributed by atoms with Gasteiger partial charge >= 0.3 is 0 Å². The molecule has 5 heteroatoms. The van der Waals surface area contributed by atoms with Gasteiger partial charge in [-0.1, -0.05) is 49.4 Å². The maximum absolute atomic E-state index is 12.1. The minimum Gasteiger partial charge on any atom is -0.494 e. The highest BCUT2D eigenvalue weighted by Gasteiger charge is 2.13. The van der Waals surface area contributed by atoms with Gasteiger partial charge < -0.3 is 15.8 Å². The summed E-state index contributed by atoms with van der Waals surface area (Å²) in [4.78, 5) is 12.1. The van der Waals surface area contributed by atoms with Crippen molar-refractivity contribution in [1.82, 2.24) is 5.32 Å². The number of carbonyl (C=O) groups excluding carboxylic acids is 1. The first-order valence-electron chi connectivity index (χ1n) is 7.98. The maximum atomic E-state index is 12.1. The van der Waals surface area contributed by atoms with Crippen LogP contribution in [0.15, 0.2) is 54.6 Å². The molecule has 0 saturated heterocycles. The van der Waals surface area contributed by atoms with Crippen molar-refractivity contribution in [2.45, 2.75) is 32.4 Å². The van der Waals surface area contributed by atoms with E-state index in [4.69, 9.17) is 10.5 Å². The van der Waals surface area contributed by atoms with Gasteiger partial charge in [-0.2, -0.15) is 0 Å². The number of amides is 1. The fourth-order valence-electron chi connectivity index (χ4n) is 2.20. The van der Waals surface area contributed by atoms with Gasteiger partial charge in [0.05, 0.1) is 12.6 Å². The van der Waals surface area contributed by atoms with Gasteiger partial charge in [0.15, 0.2) is 0 Å². The van der Waals surface area contributed by atoms with E-state index in [1.807, 2.05) is 54.6 Å². The topological polar surface area (TPSA) is 64.3 Å². The number of rotatable bonds is 8. The standard InChI is InChI=1S/C19H24N2O2.ClH/c1-2-12-23-17-10-8-16(9-11-17)14-21-19(22)18(20)13-15-6-4-3-5-7-15;/h3-11,18H,2,12-14,20H2,1H3,(H,21,22);1H/t18-;/m0./s1. The molecule has 130 valence electrons. The van der Waals surface area contributed by atoms with E-state index in [1.165, 1.54) is 0 Å². The summed E-state index contributed by atoms with van der Waals surface area (Å²) in [6.07, 6.45) is 1.52. The molecule has 1 atom stereocenters. The van der Waals surface area contributed by atoms with Crippen LogP contribution < -0.4 is 15.8 Å². The summed E-state index contributed by atoms with van der Waals surface area (Å²) in [5.74, 6) is 0.711. The van der Waals surface area contributed by atoms with Crippen molar-refractivity contribution >= 4 is 18.3 Å². The zero-order valence-corrected chi connectivity index (χ0v) is 14.7. The SMILES string of the molecule is CCCOc1ccc(CNC(=O)[C@@H](N)Cc2ccccc2)cc1.Cl. The predicted octanol–water partition coefficient (Wildman–Crippen LogP) is 3.08. The average molecular weight is 349 g/mol. The van der Waals surface area contributed by atoms with Crippen molar-refractivity contribution in [3.8, 4) is 5.75 Å². The summed E-state index contributed by atoms with van der Waals surface area (Å²) < 4.78 is 5.53. The Balaban J connectivity index is 0.00000288. The van der Waals surface area contributed by atoms with Crippen LogP contribution in [-0.4, -0.2) is 18.6 Å². The summed E-state index contributed by atoms with van der Waals surface area (Å²) in [6, 6.07) is 17.0. The Morgan fingerprint density at radius 1 is 1.08 bits per heavy atom. The Morgan fingerprint density at radius 3 is 2.38 bits per heavy atom. The fraction of sp³-hybridized carbons (Fsp3) is 0.316. The van der Waals surface area contributed by atoms with Crippen molar-refractivity contribution in [2.24, 2.45) is 5.73 Å². The molecule has 24 heavy (non-hydrogen) atoms. The molecule has 1 amide bonds. The Hall–Kier alpha value is -2.04. The molecule has 4 nitrogen and oxygen atoms in total. The van der Waals surface area contributed by atoms with Crippen molar-refractivity contribution in [1.29, 1.82) is 0 Å². The number of nitrogens with two attached hydrogens (primary N) is 1. The largest absolute Gasteiger partial charge is 0.494 e.